The van der Waals surface area contributed by atoms with E-state index in [0.29, 0.717) is 46.2 Å². The molecule has 1 aliphatic heterocycles. The van der Waals surface area contributed by atoms with Gasteiger partial charge in [-0.1, -0.05) is 28.9 Å². The fourth-order valence-corrected chi connectivity index (χ4v) is 3.74. The molecule has 3 aromatic rings. The van der Waals surface area contributed by atoms with Crippen molar-refractivity contribution in [2.75, 3.05) is 0 Å². The first-order chi connectivity index (χ1) is 13.0. The van der Waals surface area contributed by atoms with Crippen LogP contribution in [0.5, 0.6) is 0 Å². The molecule has 0 N–H and O–H groups in total. The maximum Gasteiger partial charge on any atom is 0.249 e. The maximum absolute atomic E-state index is 13.4. The number of benzene rings is 2. The van der Waals surface area contributed by atoms with Crippen LogP contribution in [-0.2, 0) is 11.3 Å². The molecule has 1 amide bonds. The lowest BCUT2D eigenvalue weighted by molar-refractivity contribution is -0.129. The normalized spacial score (nSPS) is 16.9. The van der Waals surface area contributed by atoms with Gasteiger partial charge in [-0.15, -0.1) is 0 Å². The van der Waals surface area contributed by atoms with Crippen LogP contribution in [0.4, 0.5) is 4.39 Å². The van der Waals surface area contributed by atoms with Gasteiger partial charge < -0.3 is 9.42 Å². The van der Waals surface area contributed by atoms with Crippen molar-refractivity contribution in [3.8, 4) is 11.4 Å². The minimum Gasteiger partial charge on any atom is -0.337 e. The van der Waals surface area contributed by atoms with Crippen molar-refractivity contribution in [2.45, 2.75) is 25.4 Å². The fourth-order valence-electron chi connectivity index (χ4n) is 3.14. The lowest BCUT2D eigenvalue weighted by atomic mass is 10.1. The van der Waals surface area contributed by atoms with E-state index in [2.05, 4.69) is 26.1 Å². The Morgan fingerprint density at radius 2 is 2.15 bits per heavy atom. The zero-order valence-corrected chi connectivity index (χ0v) is 16.4. The third kappa shape index (κ3) is 3.75. The predicted octanol–water partition coefficient (Wildman–Crippen LogP) is 5.16. The number of nitrogens with zero attached hydrogens (tertiary/aromatic N) is 3. The summed E-state index contributed by atoms with van der Waals surface area (Å²) in [4.78, 5) is 18.5. The topological polar surface area (TPSA) is 59.2 Å². The van der Waals surface area contributed by atoms with Gasteiger partial charge in [0, 0.05) is 23.6 Å². The summed E-state index contributed by atoms with van der Waals surface area (Å²) in [7, 11) is 0. The molecule has 0 radical (unpaired) electrons. The van der Waals surface area contributed by atoms with Crippen molar-refractivity contribution in [3.63, 3.8) is 0 Å². The lowest BCUT2D eigenvalue weighted by Gasteiger charge is -2.22. The largest absolute Gasteiger partial charge is 0.337 e. The zero-order chi connectivity index (χ0) is 19.0. The summed E-state index contributed by atoms with van der Waals surface area (Å²) in [6.45, 7) is 0.421. The minimum absolute atomic E-state index is 0.0317. The summed E-state index contributed by atoms with van der Waals surface area (Å²) >= 11 is 9.19. The second-order valence-corrected chi connectivity index (χ2v) is 7.58. The molecule has 8 heteroatoms. The van der Waals surface area contributed by atoms with Crippen molar-refractivity contribution in [1.82, 2.24) is 15.0 Å². The fraction of sp³-hybridized carbons (Fsp3) is 0.211. The van der Waals surface area contributed by atoms with Gasteiger partial charge in [0.05, 0.1) is 4.47 Å². The van der Waals surface area contributed by atoms with Crippen LogP contribution in [0, 0.1) is 5.82 Å². The van der Waals surface area contributed by atoms with Crippen LogP contribution in [0.1, 0.15) is 30.3 Å². The first-order valence-corrected chi connectivity index (χ1v) is 9.51. The summed E-state index contributed by atoms with van der Waals surface area (Å²) in [5.74, 6) is 0.395. The molecule has 1 atom stereocenters. The van der Waals surface area contributed by atoms with Gasteiger partial charge >= 0.3 is 0 Å². The first kappa shape index (κ1) is 18.1. The highest BCUT2D eigenvalue weighted by Gasteiger charge is 2.36. The Morgan fingerprint density at radius 3 is 2.93 bits per heavy atom. The van der Waals surface area contributed by atoms with Gasteiger partial charge in [0.15, 0.2) is 0 Å². The molecule has 0 aliphatic carbocycles. The third-order valence-corrected chi connectivity index (χ3v) is 5.32. The monoisotopic (exact) mass is 449 g/mol. The number of likely N-dealkylation sites (tertiary alicyclic amines) is 1. The second kappa shape index (κ2) is 7.40. The smallest absolute Gasteiger partial charge is 0.249 e. The van der Waals surface area contributed by atoms with E-state index >= 15 is 0 Å². The Balaban J connectivity index is 1.59. The number of aromatic nitrogens is 2. The highest BCUT2D eigenvalue weighted by Crippen LogP contribution is 2.34. The van der Waals surface area contributed by atoms with Crippen molar-refractivity contribution in [2.24, 2.45) is 0 Å². The van der Waals surface area contributed by atoms with E-state index in [0.717, 1.165) is 5.56 Å². The van der Waals surface area contributed by atoms with E-state index < -0.39 is 0 Å². The summed E-state index contributed by atoms with van der Waals surface area (Å²) in [6.07, 6.45) is 1.03. The van der Waals surface area contributed by atoms with Crippen LogP contribution in [0.25, 0.3) is 11.4 Å². The zero-order valence-electron chi connectivity index (χ0n) is 14.0. The summed E-state index contributed by atoms with van der Waals surface area (Å²) in [6, 6.07) is 11.6. The van der Waals surface area contributed by atoms with Gasteiger partial charge in [0.2, 0.25) is 17.6 Å². The number of rotatable bonds is 4. The molecule has 1 unspecified atom stereocenters. The van der Waals surface area contributed by atoms with Gasteiger partial charge in [-0.3, -0.25) is 4.79 Å². The van der Waals surface area contributed by atoms with E-state index in [1.807, 2.05) is 18.2 Å². The van der Waals surface area contributed by atoms with E-state index in [1.54, 1.807) is 23.1 Å². The van der Waals surface area contributed by atoms with Gasteiger partial charge in [-0.2, -0.15) is 4.98 Å². The standard InChI is InChI=1S/C19H14BrClFN3O2/c20-14-9-12(4-5-15(14)22)18-23-19(27-24-18)16-6-7-17(26)25(16)10-11-2-1-3-13(21)8-11/h1-5,8-9,16H,6-7,10H2. The van der Waals surface area contributed by atoms with Crippen LogP contribution in [-0.4, -0.2) is 20.9 Å². The molecule has 1 fully saturated rings. The van der Waals surface area contributed by atoms with Gasteiger partial charge in [-0.25, -0.2) is 4.39 Å². The molecule has 5 nitrogen and oxygen atoms in total. The molecule has 0 spiro atoms. The van der Waals surface area contributed by atoms with Crippen LogP contribution >= 0.6 is 27.5 Å². The Labute approximate surface area is 168 Å². The summed E-state index contributed by atoms with van der Waals surface area (Å²) in [5.41, 5.74) is 1.56. The van der Waals surface area contributed by atoms with Crippen LogP contribution < -0.4 is 0 Å². The van der Waals surface area contributed by atoms with Crippen LogP contribution in [0.2, 0.25) is 5.02 Å². The number of halogens is 3. The molecule has 0 bridgehead atoms. The minimum atomic E-state index is -0.364. The average molecular weight is 451 g/mol. The molecule has 27 heavy (non-hydrogen) atoms. The summed E-state index contributed by atoms with van der Waals surface area (Å²) < 4.78 is 19.2. The predicted molar refractivity (Wildman–Crippen MR) is 101 cm³/mol. The number of amides is 1. The highest BCUT2D eigenvalue weighted by molar-refractivity contribution is 9.10. The van der Waals surface area contributed by atoms with Crippen LogP contribution in [0.15, 0.2) is 51.5 Å². The molecule has 1 aromatic heterocycles. The van der Waals surface area contributed by atoms with Crippen LogP contribution in [0.3, 0.4) is 0 Å². The van der Waals surface area contributed by atoms with Gasteiger partial charge in [0.25, 0.3) is 0 Å². The van der Waals surface area contributed by atoms with Gasteiger partial charge in [0.1, 0.15) is 11.9 Å². The van der Waals surface area contributed by atoms with Crippen molar-refractivity contribution < 1.29 is 13.7 Å². The number of carbonyl (C=O) groups excluding carboxylic acids is 1. The number of hydrogen-bond donors (Lipinski definition) is 0. The lowest BCUT2D eigenvalue weighted by Crippen LogP contribution is -2.27. The highest BCUT2D eigenvalue weighted by atomic mass is 79.9. The Hall–Kier alpha value is -2.25. The number of carbonyl (C=O) groups is 1. The SMILES string of the molecule is O=C1CCC(c2nc(-c3ccc(F)c(Br)c3)no2)N1Cc1cccc(Cl)c1. The quantitative estimate of drug-likeness (QED) is 0.551. The molecule has 138 valence electrons. The molecule has 1 aliphatic rings. The second-order valence-electron chi connectivity index (χ2n) is 6.29. The third-order valence-electron chi connectivity index (χ3n) is 4.47. The average Bonchev–Trinajstić information content (AvgIpc) is 3.25. The van der Waals surface area contributed by atoms with E-state index in [1.165, 1.54) is 6.07 Å². The van der Waals surface area contributed by atoms with E-state index in [9.17, 15) is 9.18 Å². The maximum atomic E-state index is 13.4. The molecule has 2 heterocycles. The molecule has 0 saturated carbocycles. The Bertz CT molecular complexity index is 1010. The molecular weight excluding hydrogens is 437 g/mol. The van der Waals surface area contributed by atoms with E-state index in [4.69, 9.17) is 16.1 Å². The Morgan fingerprint density at radius 1 is 1.30 bits per heavy atom. The molecule has 2 aromatic carbocycles. The molecule has 1 saturated heterocycles. The summed E-state index contributed by atoms with van der Waals surface area (Å²) in [5, 5.41) is 4.62. The molecular formula is C19H14BrClFN3O2. The van der Waals surface area contributed by atoms with Gasteiger partial charge in [-0.05, 0) is 58.2 Å². The number of hydrogen-bond acceptors (Lipinski definition) is 4. The van der Waals surface area contributed by atoms with E-state index in [-0.39, 0.29) is 17.8 Å². The Kier molecular flexibility index (Phi) is 4.97. The van der Waals surface area contributed by atoms with Crippen molar-refractivity contribution in [3.05, 3.63) is 69.2 Å². The van der Waals surface area contributed by atoms with Crippen molar-refractivity contribution >= 4 is 33.4 Å². The van der Waals surface area contributed by atoms with Crippen molar-refractivity contribution in [1.29, 1.82) is 0 Å². The first-order valence-electron chi connectivity index (χ1n) is 8.34. The molecule has 4 rings (SSSR count).